The summed E-state index contributed by atoms with van der Waals surface area (Å²) < 4.78 is 1.24. The normalized spacial score (nSPS) is 10.4. The smallest absolute Gasteiger partial charge is 0.197 e. The maximum atomic E-state index is 6.01. The average Bonchev–Trinajstić information content (AvgIpc) is 2.49. The second-order valence-corrected chi connectivity index (χ2v) is 4.77. The Kier molecular flexibility index (Phi) is 2.67. The first-order valence-electron chi connectivity index (χ1n) is 3.98. The highest BCUT2D eigenvalue weighted by molar-refractivity contribution is 7.71. The molecule has 14 heavy (non-hydrogen) atoms. The summed E-state index contributed by atoms with van der Waals surface area (Å²) in [7, 11) is 0. The summed E-state index contributed by atoms with van der Waals surface area (Å²) in [6.45, 7) is 1.95. The number of aromatic amines is 1. The van der Waals surface area contributed by atoms with Crippen LogP contribution >= 0.6 is 35.2 Å². The van der Waals surface area contributed by atoms with Gasteiger partial charge in [0, 0.05) is 11.3 Å². The average molecular weight is 243 g/mol. The van der Waals surface area contributed by atoms with Gasteiger partial charge in [-0.05, 0) is 36.7 Å². The number of nitrogens with one attached hydrogen (secondary N) is 1. The quantitative estimate of drug-likeness (QED) is 0.770. The van der Waals surface area contributed by atoms with E-state index in [4.69, 9.17) is 23.8 Å². The number of halogens is 1. The molecule has 0 atom stereocenters. The van der Waals surface area contributed by atoms with Gasteiger partial charge in [0.05, 0.1) is 5.69 Å². The minimum absolute atomic E-state index is 0.488. The standard InChI is InChI=1S/C9H7ClN2S2/c1-5-4-7(12-9(13)11-5)6-2-3-14-8(6)10/h2-4H,1H3,(H,11,12,13). The first-order chi connectivity index (χ1) is 6.66. The summed E-state index contributed by atoms with van der Waals surface area (Å²) in [5, 5.41) is 1.94. The zero-order chi connectivity index (χ0) is 10.1. The van der Waals surface area contributed by atoms with Crippen LogP contribution < -0.4 is 0 Å². The number of hydrogen-bond donors (Lipinski definition) is 1. The maximum Gasteiger partial charge on any atom is 0.197 e. The molecule has 0 saturated heterocycles. The second-order valence-electron chi connectivity index (χ2n) is 2.86. The zero-order valence-electron chi connectivity index (χ0n) is 7.37. The van der Waals surface area contributed by atoms with Gasteiger partial charge in [-0.15, -0.1) is 11.3 Å². The highest BCUT2D eigenvalue weighted by Gasteiger charge is 2.06. The summed E-state index contributed by atoms with van der Waals surface area (Å²) in [4.78, 5) is 7.17. The van der Waals surface area contributed by atoms with E-state index in [2.05, 4.69) is 9.97 Å². The van der Waals surface area contributed by atoms with Crippen molar-refractivity contribution in [3.63, 3.8) is 0 Å². The third-order valence-electron chi connectivity index (χ3n) is 1.77. The van der Waals surface area contributed by atoms with Crippen molar-refractivity contribution in [3.8, 4) is 11.3 Å². The summed E-state index contributed by atoms with van der Waals surface area (Å²) in [5.74, 6) is 0. The number of rotatable bonds is 1. The van der Waals surface area contributed by atoms with Crippen molar-refractivity contribution in [1.29, 1.82) is 0 Å². The summed E-state index contributed by atoms with van der Waals surface area (Å²) in [6.07, 6.45) is 0. The van der Waals surface area contributed by atoms with Crippen LogP contribution in [0.25, 0.3) is 11.3 Å². The van der Waals surface area contributed by atoms with Crippen molar-refractivity contribution >= 4 is 35.2 Å². The topological polar surface area (TPSA) is 28.7 Å². The van der Waals surface area contributed by atoms with Crippen LogP contribution in [0.5, 0.6) is 0 Å². The lowest BCUT2D eigenvalue weighted by atomic mass is 10.2. The van der Waals surface area contributed by atoms with E-state index < -0.39 is 0 Å². The van der Waals surface area contributed by atoms with Crippen molar-refractivity contribution in [2.24, 2.45) is 0 Å². The lowest BCUT2D eigenvalue weighted by molar-refractivity contribution is 1.08. The molecule has 72 valence electrons. The Morgan fingerprint density at radius 2 is 2.36 bits per heavy atom. The Labute approximate surface area is 95.6 Å². The first-order valence-corrected chi connectivity index (χ1v) is 5.65. The van der Waals surface area contributed by atoms with Gasteiger partial charge in [-0.25, -0.2) is 4.98 Å². The summed E-state index contributed by atoms with van der Waals surface area (Å²) in [5.41, 5.74) is 2.76. The van der Waals surface area contributed by atoms with Crippen LogP contribution in [0.15, 0.2) is 17.5 Å². The van der Waals surface area contributed by atoms with Gasteiger partial charge in [0.2, 0.25) is 0 Å². The third-order valence-corrected chi connectivity index (χ3v) is 3.14. The second kappa shape index (κ2) is 3.81. The molecule has 0 aliphatic carbocycles. The van der Waals surface area contributed by atoms with Crippen LogP contribution in [-0.2, 0) is 0 Å². The Bertz CT molecular complexity index is 516. The van der Waals surface area contributed by atoms with Gasteiger partial charge >= 0.3 is 0 Å². The first kappa shape index (κ1) is 9.83. The largest absolute Gasteiger partial charge is 0.335 e. The molecule has 0 amide bonds. The number of nitrogens with zero attached hydrogens (tertiary/aromatic N) is 1. The zero-order valence-corrected chi connectivity index (χ0v) is 9.76. The highest BCUT2D eigenvalue weighted by atomic mass is 35.5. The molecule has 0 aromatic carbocycles. The van der Waals surface area contributed by atoms with E-state index in [9.17, 15) is 0 Å². The molecular formula is C9H7ClN2S2. The van der Waals surface area contributed by atoms with Gasteiger partial charge in [0.15, 0.2) is 4.77 Å². The molecule has 0 saturated carbocycles. The van der Waals surface area contributed by atoms with Crippen LogP contribution in [0.3, 0.4) is 0 Å². The van der Waals surface area contributed by atoms with Crippen molar-refractivity contribution in [3.05, 3.63) is 32.3 Å². The Morgan fingerprint density at radius 3 is 2.93 bits per heavy atom. The third kappa shape index (κ3) is 1.87. The fourth-order valence-corrected chi connectivity index (χ4v) is 2.39. The maximum absolute atomic E-state index is 6.01. The Hall–Kier alpha value is -0.710. The molecule has 0 aliphatic rings. The number of aromatic nitrogens is 2. The van der Waals surface area contributed by atoms with E-state index in [0.717, 1.165) is 21.3 Å². The number of H-pyrrole nitrogens is 1. The van der Waals surface area contributed by atoms with E-state index >= 15 is 0 Å². The van der Waals surface area contributed by atoms with E-state index in [-0.39, 0.29) is 0 Å². The Balaban J connectivity index is 2.63. The van der Waals surface area contributed by atoms with E-state index in [1.54, 1.807) is 0 Å². The van der Waals surface area contributed by atoms with Gasteiger partial charge in [0.25, 0.3) is 0 Å². The van der Waals surface area contributed by atoms with E-state index in [0.29, 0.717) is 4.77 Å². The molecule has 0 fully saturated rings. The van der Waals surface area contributed by atoms with Crippen LogP contribution in [0, 0.1) is 11.7 Å². The van der Waals surface area contributed by atoms with Gasteiger partial charge in [-0.2, -0.15) is 0 Å². The lowest BCUT2D eigenvalue weighted by Crippen LogP contribution is -1.89. The molecule has 0 bridgehead atoms. The minimum atomic E-state index is 0.488. The predicted molar refractivity (Wildman–Crippen MR) is 62.5 cm³/mol. The van der Waals surface area contributed by atoms with Gasteiger partial charge in [0.1, 0.15) is 4.34 Å². The molecule has 2 rings (SSSR count). The molecule has 2 nitrogen and oxygen atoms in total. The van der Waals surface area contributed by atoms with E-state index in [1.807, 2.05) is 24.4 Å². The van der Waals surface area contributed by atoms with Crippen LogP contribution in [0.1, 0.15) is 5.69 Å². The number of thiophene rings is 1. The highest BCUT2D eigenvalue weighted by Crippen LogP contribution is 2.31. The molecule has 0 spiro atoms. The molecule has 5 heteroatoms. The van der Waals surface area contributed by atoms with Gasteiger partial charge in [-0.3, -0.25) is 0 Å². The molecular weight excluding hydrogens is 236 g/mol. The molecule has 0 radical (unpaired) electrons. The fourth-order valence-electron chi connectivity index (χ4n) is 1.19. The molecule has 1 N–H and O–H groups in total. The predicted octanol–water partition coefficient (Wildman–Crippen LogP) is 3.83. The molecule has 0 unspecified atom stereocenters. The van der Waals surface area contributed by atoms with Crippen molar-refractivity contribution in [1.82, 2.24) is 9.97 Å². The molecule has 0 aliphatic heterocycles. The molecule has 2 heterocycles. The monoisotopic (exact) mass is 242 g/mol. The number of hydrogen-bond acceptors (Lipinski definition) is 3. The molecule has 2 aromatic rings. The van der Waals surface area contributed by atoms with Crippen molar-refractivity contribution in [2.75, 3.05) is 0 Å². The van der Waals surface area contributed by atoms with Crippen LogP contribution in [-0.4, -0.2) is 9.97 Å². The molecule has 2 aromatic heterocycles. The lowest BCUT2D eigenvalue weighted by Gasteiger charge is -1.99. The van der Waals surface area contributed by atoms with Crippen LogP contribution in [0.2, 0.25) is 4.34 Å². The van der Waals surface area contributed by atoms with Gasteiger partial charge < -0.3 is 4.98 Å². The summed E-state index contributed by atoms with van der Waals surface area (Å²) in [6, 6.07) is 3.88. The Morgan fingerprint density at radius 1 is 1.57 bits per heavy atom. The van der Waals surface area contributed by atoms with Gasteiger partial charge in [-0.1, -0.05) is 11.6 Å². The minimum Gasteiger partial charge on any atom is -0.335 e. The number of aryl methyl sites for hydroxylation is 1. The summed E-state index contributed by atoms with van der Waals surface area (Å²) >= 11 is 12.5. The van der Waals surface area contributed by atoms with E-state index in [1.165, 1.54) is 11.3 Å². The fraction of sp³-hybridized carbons (Fsp3) is 0.111. The van der Waals surface area contributed by atoms with Crippen molar-refractivity contribution in [2.45, 2.75) is 6.92 Å². The van der Waals surface area contributed by atoms with Crippen LogP contribution in [0.4, 0.5) is 0 Å². The van der Waals surface area contributed by atoms with Crippen molar-refractivity contribution < 1.29 is 0 Å². The SMILES string of the molecule is Cc1cc(-c2ccsc2Cl)nc(=S)[nH]1.